The SMILES string of the molecule is Cc1cccc(/C=C(/NC(=O)c2ccccc2)C(=O)Nc2cccc(SC(C(=O)Nc3cc(C(=O)O)ccc3C)c3ccccc3)c2)c1. The van der Waals surface area contributed by atoms with Crippen LogP contribution in [0.5, 0.6) is 0 Å². The maximum absolute atomic E-state index is 13.7. The largest absolute Gasteiger partial charge is 0.478 e. The van der Waals surface area contributed by atoms with Gasteiger partial charge in [0.25, 0.3) is 11.8 Å². The van der Waals surface area contributed by atoms with Crippen LogP contribution in [-0.2, 0) is 9.59 Å². The number of aryl methyl sites for hydroxylation is 2. The van der Waals surface area contributed by atoms with E-state index in [-0.39, 0.29) is 17.2 Å². The molecule has 1 atom stereocenters. The monoisotopic (exact) mass is 655 g/mol. The van der Waals surface area contributed by atoms with E-state index in [9.17, 15) is 24.3 Å². The number of nitrogens with one attached hydrogen (secondary N) is 3. The van der Waals surface area contributed by atoms with E-state index in [2.05, 4.69) is 16.0 Å². The van der Waals surface area contributed by atoms with Crippen LogP contribution >= 0.6 is 11.8 Å². The number of carboxylic acids is 1. The molecule has 3 amide bonds. The topological polar surface area (TPSA) is 125 Å². The van der Waals surface area contributed by atoms with Gasteiger partial charge in [-0.1, -0.05) is 90.5 Å². The van der Waals surface area contributed by atoms with Gasteiger partial charge in [-0.15, -0.1) is 11.8 Å². The van der Waals surface area contributed by atoms with Crippen LogP contribution in [0.25, 0.3) is 6.08 Å². The molecule has 4 N–H and O–H groups in total. The van der Waals surface area contributed by atoms with Crippen LogP contribution in [0.4, 0.5) is 11.4 Å². The van der Waals surface area contributed by atoms with E-state index >= 15 is 0 Å². The number of anilines is 2. The third-order valence-electron chi connectivity index (χ3n) is 7.31. The van der Waals surface area contributed by atoms with Gasteiger partial charge in [-0.2, -0.15) is 0 Å². The van der Waals surface area contributed by atoms with Gasteiger partial charge in [0, 0.05) is 21.8 Å². The first-order valence-corrected chi connectivity index (χ1v) is 16.0. The normalized spacial score (nSPS) is 11.7. The molecule has 0 radical (unpaired) electrons. The molecule has 0 aliphatic heterocycles. The number of aromatic carboxylic acids is 1. The number of carboxylic acid groups (broad SMARTS) is 1. The summed E-state index contributed by atoms with van der Waals surface area (Å²) in [7, 11) is 0. The first-order valence-electron chi connectivity index (χ1n) is 15.1. The third-order valence-corrected chi connectivity index (χ3v) is 8.56. The Bertz CT molecular complexity index is 1990. The molecule has 0 aliphatic carbocycles. The van der Waals surface area contributed by atoms with Gasteiger partial charge >= 0.3 is 5.97 Å². The molecule has 0 spiro atoms. The zero-order chi connectivity index (χ0) is 34.0. The fraction of sp³-hybridized carbons (Fsp3) is 0.0769. The summed E-state index contributed by atoms with van der Waals surface area (Å²) in [5.74, 6) is -2.36. The second kappa shape index (κ2) is 15.6. The number of carbonyl (C=O) groups is 4. The van der Waals surface area contributed by atoms with E-state index in [1.807, 2.05) is 73.7 Å². The second-order valence-corrected chi connectivity index (χ2v) is 12.2. The van der Waals surface area contributed by atoms with Crippen molar-refractivity contribution in [2.75, 3.05) is 10.6 Å². The van der Waals surface area contributed by atoms with E-state index in [0.29, 0.717) is 21.8 Å². The molecule has 1 unspecified atom stereocenters. The lowest BCUT2D eigenvalue weighted by Crippen LogP contribution is -2.30. The van der Waals surface area contributed by atoms with Crippen LogP contribution < -0.4 is 16.0 Å². The van der Waals surface area contributed by atoms with Crippen LogP contribution in [0.3, 0.4) is 0 Å². The molecule has 8 nitrogen and oxygen atoms in total. The van der Waals surface area contributed by atoms with Gasteiger partial charge < -0.3 is 21.1 Å². The molecule has 240 valence electrons. The van der Waals surface area contributed by atoms with Crippen molar-refractivity contribution in [3.8, 4) is 0 Å². The zero-order valence-electron chi connectivity index (χ0n) is 26.3. The zero-order valence-corrected chi connectivity index (χ0v) is 27.1. The Hall–Kier alpha value is -5.93. The maximum atomic E-state index is 13.7. The molecule has 5 aromatic rings. The lowest BCUT2D eigenvalue weighted by atomic mass is 10.1. The highest BCUT2D eigenvalue weighted by atomic mass is 32.2. The van der Waals surface area contributed by atoms with Gasteiger partial charge in [-0.05, 0) is 79.1 Å². The summed E-state index contributed by atoms with van der Waals surface area (Å²) in [4.78, 5) is 52.7. The minimum Gasteiger partial charge on any atom is -0.478 e. The predicted octanol–water partition coefficient (Wildman–Crippen LogP) is 7.88. The molecular weight excluding hydrogens is 623 g/mol. The molecule has 0 aliphatic rings. The quantitative estimate of drug-likeness (QED) is 0.0848. The fourth-order valence-electron chi connectivity index (χ4n) is 4.84. The molecule has 0 heterocycles. The standard InChI is InChI=1S/C39H33N3O5S/c1-25-11-9-12-27(21-25)22-34(42-36(43)29-15-7-4-8-16-29)37(44)40-31-17-10-18-32(24-31)48-35(28-13-5-3-6-14-28)38(45)41-33-23-30(39(46)47)20-19-26(33)2/h3-24,35H,1-2H3,(H,40,44)(H,41,45)(H,42,43)(H,46,47)/b34-22+. The third kappa shape index (κ3) is 8.86. The second-order valence-electron chi connectivity index (χ2n) is 11.0. The summed E-state index contributed by atoms with van der Waals surface area (Å²) in [5.41, 5.74) is 4.64. The van der Waals surface area contributed by atoms with Crippen molar-refractivity contribution in [3.05, 3.63) is 166 Å². The van der Waals surface area contributed by atoms with Crippen LogP contribution in [0.15, 0.2) is 138 Å². The highest BCUT2D eigenvalue weighted by Crippen LogP contribution is 2.37. The Morgan fingerprint density at radius 2 is 1.42 bits per heavy atom. The van der Waals surface area contributed by atoms with E-state index < -0.39 is 23.0 Å². The summed E-state index contributed by atoms with van der Waals surface area (Å²) in [5, 5.41) is 17.3. The van der Waals surface area contributed by atoms with Crippen LogP contribution in [-0.4, -0.2) is 28.8 Å². The van der Waals surface area contributed by atoms with E-state index in [1.54, 1.807) is 61.5 Å². The Morgan fingerprint density at radius 3 is 2.12 bits per heavy atom. The molecular formula is C39H33N3O5S. The number of amides is 3. The predicted molar refractivity (Wildman–Crippen MR) is 190 cm³/mol. The maximum Gasteiger partial charge on any atom is 0.335 e. The molecule has 5 aromatic carbocycles. The summed E-state index contributed by atoms with van der Waals surface area (Å²) in [6.45, 7) is 3.74. The number of hydrogen-bond acceptors (Lipinski definition) is 5. The molecule has 0 saturated heterocycles. The van der Waals surface area contributed by atoms with E-state index in [4.69, 9.17) is 0 Å². The van der Waals surface area contributed by atoms with Gasteiger partial charge in [-0.25, -0.2) is 4.79 Å². The van der Waals surface area contributed by atoms with Gasteiger partial charge in [0.15, 0.2) is 0 Å². The van der Waals surface area contributed by atoms with Gasteiger partial charge in [0.05, 0.1) is 5.56 Å². The molecule has 48 heavy (non-hydrogen) atoms. The van der Waals surface area contributed by atoms with Gasteiger partial charge in [-0.3, -0.25) is 14.4 Å². The van der Waals surface area contributed by atoms with Gasteiger partial charge in [0.1, 0.15) is 10.9 Å². The molecule has 9 heteroatoms. The lowest BCUT2D eigenvalue weighted by molar-refractivity contribution is -0.116. The first-order chi connectivity index (χ1) is 23.2. The van der Waals surface area contributed by atoms with Gasteiger partial charge in [0.2, 0.25) is 5.91 Å². The average molecular weight is 656 g/mol. The Labute approximate surface area is 282 Å². The van der Waals surface area contributed by atoms with Crippen LogP contribution in [0.1, 0.15) is 48.2 Å². The van der Waals surface area contributed by atoms with Crippen LogP contribution in [0.2, 0.25) is 0 Å². The smallest absolute Gasteiger partial charge is 0.335 e. The summed E-state index contributed by atoms with van der Waals surface area (Å²) in [6, 6.07) is 37.1. The highest BCUT2D eigenvalue weighted by Gasteiger charge is 2.24. The number of carbonyl (C=O) groups excluding carboxylic acids is 3. The number of thioether (sulfide) groups is 1. The van der Waals surface area contributed by atoms with Crippen molar-refractivity contribution in [2.24, 2.45) is 0 Å². The number of hydrogen-bond donors (Lipinski definition) is 4. The molecule has 0 aromatic heterocycles. The number of benzene rings is 5. The summed E-state index contributed by atoms with van der Waals surface area (Å²) < 4.78 is 0. The highest BCUT2D eigenvalue weighted by molar-refractivity contribution is 8.00. The lowest BCUT2D eigenvalue weighted by Gasteiger charge is -2.19. The van der Waals surface area contributed by atoms with Crippen molar-refractivity contribution in [3.63, 3.8) is 0 Å². The summed E-state index contributed by atoms with van der Waals surface area (Å²) >= 11 is 1.28. The van der Waals surface area contributed by atoms with Crippen molar-refractivity contribution in [1.29, 1.82) is 0 Å². The number of rotatable bonds is 11. The molecule has 5 rings (SSSR count). The molecule has 0 bridgehead atoms. The van der Waals surface area contributed by atoms with Crippen LogP contribution in [0, 0.1) is 13.8 Å². The Morgan fingerprint density at radius 1 is 0.708 bits per heavy atom. The minimum atomic E-state index is -1.09. The minimum absolute atomic E-state index is 0.0630. The molecule has 0 fully saturated rings. The van der Waals surface area contributed by atoms with Crippen molar-refractivity contribution in [2.45, 2.75) is 24.0 Å². The summed E-state index contributed by atoms with van der Waals surface area (Å²) in [6.07, 6.45) is 1.62. The first kappa shape index (κ1) is 33.4. The Kier molecular flexibility index (Phi) is 10.8. The average Bonchev–Trinajstić information content (AvgIpc) is 3.08. The molecule has 0 saturated carbocycles. The van der Waals surface area contributed by atoms with Crippen molar-refractivity contribution in [1.82, 2.24) is 5.32 Å². The van der Waals surface area contributed by atoms with Crippen molar-refractivity contribution >= 4 is 52.9 Å². The van der Waals surface area contributed by atoms with E-state index in [0.717, 1.165) is 22.3 Å². The van der Waals surface area contributed by atoms with E-state index in [1.165, 1.54) is 23.9 Å². The van der Waals surface area contributed by atoms with Crippen molar-refractivity contribution < 1.29 is 24.3 Å². The fourth-order valence-corrected chi connectivity index (χ4v) is 5.92. The Balaban J connectivity index is 1.39.